The van der Waals surface area contributed by atoms with Crippen LogP contribution in [0.2, 0.25) is 4.34 Å². The van der Waals surface area contributed by atoms with Crippen LogP contribution in [-0.4, -0.2) is 11.7 Å². The first kappa shape index (κ1) is 14.1. The van der Waals surface area contributed by atoms with Crippen LogP contribution in [-0.2, 0) is 0 Å². The number of thiophene rings is 1. The third kappa shape index (κ3) is 3.36. The predicted octanol–water partition coefficient (Wildman–Crippen LogP) is 4.17. The molecule has 0 unspecified atom stereocenters. The van der Waals surface area contributed by atoms with E-state index >= 15 is 0 Å². The molecule has 4 heteroatoms. The van der Waals surface area contributed by atoms with Crippen molar-refractivity contribution >= 4 is 22.9 Å². The molecule has 1 N–H and O–H groups in total. The molecule has 0 saturated carbocycles. The highest BCUT2D eigenvalue weighted by atomic mass is 35.5. The van der Waals surface area contributed by atoms with Crippen LogP contribution in [0.3, 0.4) is 0 Å². The lowest BCUT2D eigenvalue weighted by Crippen LogP contribution is -2.10. The average molecular weight is 292 g/mol. The highest BCUT2D eigenvalue weighted by molar-refractivity contribution is 7.16. The number of benzene rings is 1. The summed E-state index contributed by atoms with van der Waals surface area (Å²) in [5.41, 5.74) is 0.980. The first-order chi connectivity index (χ1) is 9.26. The van der Waals surface area contributed by atoms with Crippen molar-refractivity contribution in [3.05, 3.63) is 57.2 Å². The van der Waals surface area contributed by atoms with E-state index in [1.54, 1.807) is 0 Å². The monoisotopic (exact) mass is 291 g/mol. The summed E-state index contributed by atoms with van der Waals surface area (Å²) in [4.78, 5) is 1.05. The van der Waals surface area contributed by atoms with Gasteiger partial charge in [-0.05, 0) is 24.1 Å². The maximum absolute atomic E-state index is 9.48. The van der Waals surface area contributed by atoms with Crippen LogP contribution in [0.5, 0.6) is 0 Å². The number of aliphatic hydroxyl groups is 1. The summed E-state index contributed by atoms with van der Waals surface area (Å²) in [5.74, 6) is -0.280. The van der Waals surface area contributed by atoms with Crippen LogP contribution in [0.4, 0.5) is 0 Å². The Morgan fingerprint density at radius 1 is 1.21 bits per heavy atom. The average Bonchev–Trinajstić information content (AvgIpc) is 2.86. The van der Waals surface area contributed by atoms with E-state index in [9.17, 15) is 10.4 Å². The molecule has 2 nitrogen and oxygen atoms in total. The molecule has 98 valence electrons. The van der Waals surface area contributed by atoms with Crippen LogP contribution in [0.25, 0.3) is 0 Å². The summed E-state index contributed by atoms with van der Waals surface area (Å²) < 4.78 is 0.711. The first-order valence-corrected chi connectivity index (χ1v) is 7.26. The molecule has 1 aromatic carbocycles. The lowest BCUT2D eigenvalue weighted by molar-refractivity contribution is 0.273. The lowest BCUT2D eigenvalue weighted by Gasteiger charge is -2.20. The molecular weight excluding hydrogens is 278 g/mol. The quantitative estimate of drug-likeness (QED) is 0.898. The standard InChI is InChI=1S/C15H14ClNOS/c16-15-7-6-14(19-15)12(8-9-18)13(10-17)11-4-2-1-3-5-11/h1-7,12-13,18H,8-9H2/t12-,13-/m1/s1. The number of hydrogen-bond donors (Lipinski definition) is 1. The molecule has 0 aliphatic carbocycles. The number of nitrogens with zero attached hydrogens (tertiary/aromatic N) is 1. The second kappa shape index (κ2) is 6.72. The van der Waals surface area contributed by atoms with Gasteiger partial charge in [0.2, 0.25) is 0 Å². The molecule has 2 atom stereocenters. The van der Waals surface area contributed by atoms with E-state index in [0.29, 0.717) is 10.8 Å². The Bertz CT molecular complexity index is 561. The van der Waals surface area contributed by atoms with Crippen LogP contribution < -0.4 is 0 Å². The Morgan fingerprint density at radius 2 is 1.95 bits per heavy atom. The largest absolute Gasteiger partial charge is 0.396 e. The normalized spacial score (nSPS) is 13.7. The summed E-state index contributed by atoms with van der Waals surface area (Å²) in [6.07, 6.45) is 0.559. The van der Waals surface area contributed by atoms with Gasteiger partial charge in [-0.15, -0.1) is 11.3 Å². The summed E-state index contributed by atoms with van der Waals surface area (Å²) >= 11 is 7.45. The number of hydrogen-bond acceptors (Lipinski definition) is 3. The van der Waals surface area contributed by atoms with Crippen molar-refractivity contribution in [3.8, 4) is 6.07 Å². The fourth-order valence-electron chi connectivity index (χ4n) is 2.20. The summed E-state index contributed by atoms with van der Waals surface area (Å²) in [7, 11) is 0. The number of rotatable bonds is 5. The molecule has 0 fully saturated rings. The zero-order valence-electron chi connectivity index (χ0n) is 10.3. The summed E-state index contributed by atoms with van der Waals surface area (Å²) in [5, 5.41) is 18.7. The zero-order chi connectivity index (χ0) is 13.7. The van der Waals surface area contributed by atoms with E-state index in [4.69, 9.17) is 11.6 Å². The van der Waals surface area contributed by atoms with Crippen molar-refractivity contribution in [2.24, 2.45) is 0 Å². The molecule has 0 spiro atoms. The molecule has 2 rings (SSSR count). The zero-order valence-corrected chi connectivity index (χ0v) is 11.9. The topological polar surface area (TPSA) is 44.0 Å². The minimum Gasteiger partial charge on any atom is -0.396 e. The van der Waals surface area contributed by atoms with E-state index in [1.165, 1.54) is 11.3 Å². The molecule has 0 saturated heterocycles. The van der Waals surface area contributed by atoms with E-state index in [0.717, 1.165) is 10.4 Å². The van der Waals surface area contributed by atoms with E-state index in [2.05, 4.69) is 6.07 Å². The van der Waals surface area contributed by atoms with Crippen molar-refractivity contribution in [2.75, 3.05) is 6.61 Å². The number of aliphatic hydroxyl groups excluding tert-OH is 1. The lowest BCUT2D eigenvalue weighted by atomic mass is 9.84. The van der Waals surface area contributed by atoms with E-state index in [-0.39, 0.29) is 18.4 Å². The smallest absolute Gasteiger partial charge is 0.0931 e. The maximum Gasteiger partial charge on any atom is 0.0931 e. The van der Waals surface area contributed by atoms with Crippen LogP contribution in [0, 0.1) is 11.3 Å². The molecule has 19 heavy (non-hydrogen) atoms. The Kier molecular flexibility index (Phi) is 4.98. The highest BCUT2D eigenvalue weighted by Gasteiger charge is 2.25. The Balaban J connectivity index is 2.34. The molecule has 0 bridgehead atoms. The maximum atomic E-state index is 9.48. The molecule has 2 aromatic rings. The molecule has 0 aliphatic rings. The van der Waals surface area contributed by atoms with Gasteiger partial charge in [-0.25, -0.2) is 0 Å². The summed E-state index contributed by atoms with van der Waals surface area (Å²) in [6, 6.07) is 15.8. The minimum absolute atomic E-state index is 0.0186. The van der Waals surface area contributed by atoms with Gasteiger partial charge in [0.25, 0.3) is 0 Å². The fraction of sp³-hybridized carbons (Fsp3) is 0.267. The number of halogens is 1. The van der Waals surface area contributed by atoms with Crippen molar-refractivity contribution in [1.29, 1.82) is 5.26 Å². The Hall–Kier alpha value is -1.34. The van der Waals surface area contributed by atoms with Gasteiger partial charge in [0.1, 0.15) is 0 Å². The molecule has 0 aliphatic heterocycles. The molecule has 0 amide bonds. The number of nitriles is 1. The van der Waals surface area contributed by atoms with Crippen molar-refractivity contribution in [2.45, 2.75) is 18.3 Å². The van der Waals surface area contributed by atoms with Gasteiger partial charge >= 0.3 is 0 Å². The van der Waals surface area contributed by atoms with Gasteiger partial charge in [-0.3, -0.25) is 0 Å². The third-order valence-corrected chi connectivity index (χ3v) is 4.46. The third-order valence-electron chi connectivity index (χ3n) is 3.10. The molecule has 0 radical (unpaired) electrons. The van der Waals surface area contributed by atoms with Crippen molar-refractivity contribution < 1.29 is 5.11 Å². The predicted molar refractivity (Wildman–Crippen MR) is 78.6 cm³/mol. The second-order valence-electron chi connectivity index (χ2n) is 4.28. The molecule has 1 heterocycles. The van der Waals surface area contributed by atoms with E-state index < -0.39 is 0 Å². The Morgan fingerprint density at radius 3 is 2.47 bits per heavy atom. The van der Waals surface area contributed by atoms with Gasteiger partial charge in [0, 0.05) is 17.4 Å². The second-order valence-corrected chi connectivity index (χ2v) is 6.02. The Labute approximate surface area is 121 Å². The SMILES string of the molecule is N#C[C@H](c1ccccc1)[C@@H](CCO)c1ccc(Cl)s1. The van der Waals surface area contributed by atoms with Gasteiger partial charge in [0.15, 0.2) is 0 Å². The van der Waals surface area contributed by atoms with E-state index in [1.807, 2.05) is 42.5 Å². The first-order valence-electron chi connectivity index (χ1n) is 6.07. The fourth-order valence-corrected chi connectivity index (χ4v) is 3.43. The highest BCUT2D eigenvalue weighted by Crippen LogP contribution is 2.39. The van der Waals surface area contributed by atoms with Gasteiger partial charge < -0.3 is 5.11 Å². The van der Waals surface area contributed by atoms with Gasteiger partial charge in [-0.1, -0.05) is 41.9 Å². The van der Waals surface area contributed by atoms with Gasteiger partial charge in [-0.2, -0.15) is 5.26 Å². The van der Waals surface area contributed by atoms with Crippen LogP contribution in [0.15, 0.2) is 42.5 Å². The molecule has 1 aromatic heterocycles. The molecular formula is C15H14ClNOS. The van der Waals surface area contributed by atoms with Crippen molar-refractivity contribution in [3.63, 3.8) is 0 Å². The minimum atomic E-state index is -0.261. The van der Waals surface area contributed by atoms with Crippen molar-refractivity contribution in [1.82, 2.24) is 0 Å². The van der Waals surface area contributed by atoms with Gasteiger partial charge in [0.05, 0.1) is 16.3 Å². The summed E-state index contributed by atoms with van der Waals surface area (Å²) in [6.45, 7) is 0.0607. The van der Waals surface area contributed by atoms with Crippen LogP contribution in [0.1, 0.15) is 28.7 Å². The van der Waals surface area contributed by atoms with Crippen LogP contribution >= 0.6 is 22.9 Å².